The Kier molecular flexibility index (Phi) is 3.23. The summed E-state index contributed by atoms with van der Waals surface area (Å²) in [5, 5.41) is 11.7. The van der Waals surface area contributed by atoms with Crippen LogP contribution >= 0.6 is 11.6 Å². The van der Waals surface area contributed by atoms with E-state index < -0.39 is 6.10 Å². The van der Waals surface area contributed by atoms with E-state index in [1.54, 1.807) is 18.5 Å². The predicted molar refractivity (Wildman–Crippen MR) is 74.1 cm³/mol. The zero-order chi connectivity index (χ0) is 13.2. The molecule has 0 saturated heterocycles. The monoisotopic (exact) mass is 273 g/mol. The molecular formula is C15H12ClNO2. The number of furan rings is 1. The zero-order valence-electron chi connectivity index (χ0n) is 10.1. The molecule has 19 heavy (non-hydrogen) atoms. The third kappa shape index (κ3) is 2.48. The number of halogens is 1. The lowest BCUT2D eigenvalue weighted by molar-refractivity contribution is 0.152. The summed E-state index contributed by atoms with van der Waals surface area (Å²) in [6, 6.07) is 11.1. The van der Waals surface area contributed by atoms with Crippen molar-refractivity contribution >= 4 is 22.6 Å². The van der Waals surface area contributed by atoms with Gasteiger partial charge >= 0.3 is 0 Å². The average Bonchev–Trinajstić information content (AvgIpc) is 2.85. The lowest BCUT2D eigenvalue weighted by atomic mass is 10.1. The van der Waals surface area contributed by atoms with Gasteiger partial charge in [0, 0.05) is 24.2 Å². The van der Waals surface area contributed by atoms with Crippen molar-refractivity contribution in [3.05, 3.63) is 65.1 Å². The minimum atomic E-state index is -0.701. The second-order valence-electron chi connectivity index (χ2n) is 4.39. The normalized spacial score (nSPS) is 12.7. The zero-order valence-corrected chi connectivity index (χ0v) is 10.8. The minimum absolute atomic E-state index is 0.464. The van der Waals surface area contributed by atoms with Crippen LogP contribution in [0, 0.1) is 0 Å². The molecule has 0 aliphatic heterocycles. The van der Waals surface area contributed by atoms with Gasteiger partial charge in [-0.1, -0.05) is 29.8 Å². The van der Waals surface area contributed by atoms with Gasteiger partial charge in [-0.15, -0.1) is 0 Å². The Morgan fingerprint density at radius 2 is 2.16 bits per heavy atom. The number of para-hydroxylation sites is 1. The van der Waals surface area contributed by atoms with E-state index in [9.17, 15) is 5.11 Å². The van der Waals surface area contributed by atoms with Crippen LogP contribution in [0.5, 0.6) is 0 Å². The topological polar surface area (TPSA) is 46.3 Å². The van der Waals surface area contributed by atoms with Crippen molar-refractivity contribution in [3.63, 3.8) is 0 Å². The minimum Gasteiger partial charge on any atom is -0.457 e. The van der Waals surface area contributed by atoms with Gasteiger partial charge in [-0.3, -0.25) is 4.98 Å². The number of aliphatic hydroxyl groups excluding tert-OH is 1. The van der Waals surface area contributed by atoms with Crippen LogP contribution < -0.4 is 0 Å². The molecule has 0 bridgehead atoms. The molecule has 3 rings (SSSR count). The second kappa shape index (κ2) is 5.03. The maximum Gasteiger partial charge on any atom is 0.152 e. The summed E-state index contributed by atoms with van der Waals surface area (Å²) in [4.78, 5) is 4.03. The Labute approximate surface area is 115 Å². The molecule has 96 valence electrons. The van der Waals surface area contributed by atoms with Crippen LogP contribution in [0.4, 0.5) is 0 Å². The summed E-state index contributed by atoms with van der Waals surface area (Å²) < 4.78 is 5.63. The van der Waals surface area contributed by atoms with Crippen LogP contribution in [0.15, 0.2) is 53.2 Å². The average molecular weight is 274 g/mol. The number of nitrogens with zero attached hydrogens (tertiary/aromatic N) is 1. The summed E-state index contributed by atoms with van der Waals surface area (Å²) >= 11 is 6.05. The van der Waals surface area contributed by atoms with E-state index in [-0.39, 0.29) is 0 Å². The molecule has 0 aliphatic rings. The molecule has 0 amide bonds. The van der Waals surface area contributed by atoms with Gasteiger partial charge in [0.1, 0.15) is 11.9 Å². The number of fused-ring (bicyclic) bond motifs is 1. The number of benzene rings is 1. The van der Waals surface area contributed by atoms with Crippen LogP contribution in [0.25, 0.3) is 11.0 Å². The van der Waals surface area contributed by atoms with Gasteiger partial charge in [-0.25, -0.2) is 0 Å². The highest BCUT2D eigenvalue weighted by molar-refractivity contribution is 6.34. The van der Waals surface area contributed by atoms with E-state index >= 15 is 0 Å². The fourth-order valence-corrected chi connectivity index (χ4v) is 2.27. The maximum atomic E-state index is 10.2. The first-order valence-electron chi connectivity index (χ1n) is 5.99. The Hall–Kier alpha value is -1.84. The van der Waals surface area contributed by atoms with Crippen molar-refractivity contribution in [2.24, 2.45) is 0 Å². The molecular weight excluding hydrogens is 262 g/mol. The molecule has 1 atom stereocenters. The molecule has 0 fully saturated rings. The van der Waals surface area contributed by atoms with E-state index in [0.29, 0.717) is 22.8 Å². The van der Waals surface area contributed by atoms with Gasteiger partial charge in [0.05, 0.1) is 5.02 Å². The first-order valence-corrected chi connectivity index (χ1v) is 6.37. The summed E-state index contributed by atoms with van der Waals surface area (Å²) in [6.07, 6.45) is 3.20. The Morgan fingerprint density at radius 1 is 1.26 bits per heavy atom. The number of aromatic nitrogens is 1. The summed E-state index contributed by atoms with van der Waals surface area (Å²) in [5.41, 5.74) is 1.57. The molecule has 3 aromatic rings. The summed E-state index contributed by atoms with van der Waals surface area (Å²) in [7, 11) is 0. The molecule has 1 N–H and O–H groups in total. The molecule has 0 saturated carbocycles. The largest absolute Gasteiger partial charge is 0.457 e. The summed E-state index contributed by atoms with van der Waals surface area (Å²) in [5.74, 6) is 0.520. The Morgan fingerprint density at radius 3 is 2.89 bits per heavy atom. The molecule has 0 radical (unpaired) electrons. The van der Waals surface area contributed by atoms with Crippen molar-refractivity contribution in [3.8, 4) is 0 Å². The molecule has 0 aliphatic carbocycles. The fourth-order valence-electron chi connectivity index (χ4n) is 2.05. The van der Waals surface area contributed by atoms with Gasteiger partial charge in [0.25, 0.3) is 0 Å². The van der Waals surface area contributed by atoms with Gasteiger partial charge in [0.2, 0.25) is 0 Å². The van der Waals surface area contributed by atoms with Gasteiger partial charge in [-0.2, -0.15) is 0 Å². The van der Waals surface area contributed by atoms with Gasteiger partial charge < -0.3 is 9.52 Å². The van der Waals surface area contributed by atoms with Crippen LogP contribution in [-0.2, 0) is 6.42 Å². The highest BCUT2D eigenvalue weighted by Crippen LogP contribution is 2.30. The highest BCUT2D eigenvalue weighted by atomic mass is 35.5. The number of hydrogen-bond donors (Lipinski definition) is 1. The van der Waals surface area contributed by atoms with E-state index in [0.717, 1.165) is 10.9 Å². The van der Waals surface area contributed by atoms with Crippen molar-refractivity contribution < 1.29 is 9.52 Å². The first-order chi connectivity index (χ1) is 9.24. The number of hydrogen-bond acceptors (Lipinski definition) is 3. The maximum absolute atomic E-state index is 10.2. The lowest BCUT2D eigenvalue weighted by Crippen LogP contribution is -2.00. The Bertz CT molecular complexity index is 694. The summed E-state index contributed by atoms with van der Waals surface area (Å²) in [6.45, 7) is 0. The van der Waals surface area contributed by atoms with Crippen molar-refractivity contribution in [1.29, 1.82) is 0 Å². The van der Waals surface area contributed by atoms with Crippen LogP contribution in [0.1, 0.15) is 17.4 Å². The van der Waals surface area contributed by atoms with E-state index in [2.05, 4.69) is 4.98 Å². The molecule has 4 heteroatoms. The van der Waals surface area contributed by atoms with E-state index in [1.165, 1.54) is 0 Å². The van der Waals surface area contributed by atoms with Crippen LogP contribution in [-0.4, -0.2) is 10.1 Å². The molecule has 2 heterocycles. The molecule has 2 aromatic heterocycles. The number of aliphatic hydroxyl groups is 1. The Balaban J connectivity index is 1.89. The standard InChI is InChI=1S/C15H12ClNO2/c16-12-5-1-4-11-8-14(19-15(11)12)13(18)7-10-3-2-6-17-9-10/h1-6,8-9,13,18H,7H2. The van der Waals surface area contributed by atoms with E-state index in [1.807, 2.05) is 30.3 Å². The third-order valence-electron chi connectivity index (χ3n) is 3.00. The molecule has 3 nitrogen and oxygen atoms in total. The first kappa shape index (κ1) is 12.2. The number of rotatable bonds is 3. The van der Waals surface area contributed by atoms with Gasteiger partial charge in [-0.05, 0) is 23.8 Å². The quantitative estimate of drug-likeness (QED) is 0.790. The van der Waals surface area contributed by atoms with E-state index in [4.69, 9.17) is 16.0 Å². The molecule has 0 spiro atoms. The van der Waals surface area contributed by atoms with Crippen molar-refractivity contribution in [1.82, 2.24) is 4.98 Å². The lowest BCUT2D eigenvalue weighted by Gasteiger charge is -2.06. The predicted octanol–water partition coefficient (Wildman–Crippen LogP) is 3.76. The second-order valence-corrected chi connectivity index (χ2v) is 4.80. The smallest absolute Gasteiger partial charge is 0.152 e. The molecule has 1 aromatic carbocycles. The third-order valence-corrected chi connectivity index (χ3v) is 3.29. The fraction of sp³-hybridized carbons (Fsp3) is 0.133. The van der Waals surface area contributed by atoms with Crippen molar-refractivity contribution in [2.45, 2.75) is 12.5 Å². The molecule has 1 unspecified atom stereocenters. The van der Waals surface area contributed by atoms with Gasteiger partial charge in [0.15, 0.2) is 5.58 Å². The highest BCUT2D eigenvalue weighted by Gasteiger charge is 2.15. The van der Waals surface area contributed by atoms with Crippen molar-refractivity contribution in [2.75, 3.05) is 0 Å². The van der Waals surface area contributed by atoms with Crippen LogP contribution in [0.3, 0.4) is 0 Å². The number of pyridine rings is 1. The SMILES string of the molecule is OC(Cc1cccnc1)c1cc2cccc(Cl)c2o1. The van der Waals surface area contributed by atoms with Crippen LogP contribution in [0.2, 0.25) is 5.02 Å².